The lowest BCUT2D eigenvalue weighted by Gasteiger charge is -1.99. The molecule has 0 atom stereocenters. The van der Waals surface area contributed by atoms with Crippen LogP contribution < -0.4 is 5.32 Å². The van der Waals surface area contributed by atoms with Crippen molar-refractivity contribution in [1.82, 2.24) is 0 Å². The molecule has 0 aliphatic carbocycles. The first-order valence-corrected chi connectivity index (χ1v) is 3.77. The van der Waals surface area contributed by atoms with Gasteiger partial charge in [-0.2, -0.15) is 0 Å². The van der Waals surface area contributed by atoms with E-state index in [1.165, 1.54) is 5.56 Å². The van der Waals surface area contributed by atoms with Crippen LogP contribution in [0.4, 0.5) is 5.69 Å². The molecule has 0 spiro atoms. The minimum Gasteiger partial charge on any atom is -0.362 e. The molecule has 1 rings (SSSR count). The first-order chi connectivity index (χ1) is 5.33. The Kier molecular flexibility index (Phi) is 2.73. The van der Waals surface area contributed by atoms with Crippen molar-refractivity contribution in [2.75, 3.05) is 5.32 Å². The standard InChI is InChI=1S/C10H13N/c1-3-8-11-10-6-4-9(2)5-7-10/h3-8,11H,1-2H3. The van der Waals surface area contributed by atoms with Gasteiger partial charge in [0.25, 0.3) is 0 Å². The molecule has 1 heteroatoms. The van der Waals surface area contributed by atoms with Gasteiger partial charge >= 0.3 is 0 Å². The van der Waals surface area contributed by atoms with Gasteiger partial charge in [-0.25, -0.2) is 0 Å². The fourth-order valence-corrected chi connectivity index (χ4v) is 0.829. The molecule has 0 saturated heterocycles. The van der Waals surface area contributed by atoms with Crippen LogP contribution in [0.15, 0.2) is 36.5 Å². The smallest absolute Gasteiger partial charge is 0.0379 e. The van der Waals surface area contributed by atoms with Crippen molar-refractivity contribution in [3.05, 3.63) is 42.1 Å². The molecule has 1 aromatic carbocycles. The van der Waals surface area contributed by atoms with E-state index < -0.39 is 0 Å². The zero-order valence-electron chi connectivity index (χ0n) is 6.96. The number of nitrogens with one attached hydrogen (secondary N) is 1. The molecule has 0 aliphatic heterocycles. The Morgan fingerprint density at radius 3 is 2.36 bits per heavy atom. The summed E-state index contributed by atoms with van der Waals surface area (Å²) in [5.74, 6) is 0. The summed E-state index contributed by atoms with van der Waals surface area (Å²) in [7, 11) is 0. The number of aryl methyl sites for hydroxylation is 1. The van der Waals surface area contributed by atoms with Crippen LogP contribution >= 0.6 is 0 Å². The van der Waals surface area contributed by atoms with E-state index in [0.29, 0.717) is 0 Å². The third kappa shape index (κ3) is 2.46. The highest BCUT2D eigenvalue weighted by molar-refractivity contribution is 5.46. The van der Waals surface area contributed by atoms with Crippen molar-refractivity contribution >= 4 is 5.69 Å². The normalized spacial score (nSPS) is 10.4. The molecule has 0 bridgehead atoms. The number of benzene rings is 1. The topological polar surface area (TPSA) is 12.0 Å². The highest BCUT2D eigenvalue weighted by Crippen LogP contribution is 2.07. The lowest BCUT2D eigenvalue weighted by atomic mass is 10.2. The van der Waals surface area contributed by atoms with Gasteiger partial charge in [0.15, 0.2) is 0 Å². The van der Waals surface area contributed by atoms with Crippen molar-refractivity contribution in [3.8, 4) is 0 Å². The molecule has 1 nitrogen and oxygen atoms in total. The summed E-state index contributed by atoms with van der Waals surface area (Å²) < 4.78 is 0. The second-order valence-corrected chi connectivity index (χ2v) is 2.51. The number of rotatable bonds is 2. The van der Waals surface area contributed by atoms with E-state index in [1.54, 1.807) is 0 Å². The van der Waals surface area contributed by atoms with Crippen LogP contribution in [0, 0.1) is 6.92 Å². The highest BCUT2D eigenvalue weighted by Gasteiger charge is 1.85. The number of allylic oxidation sites excluding steroid dienone is 1. The summed E-state index contributed by atoms with van der Waals surface area (Å²) in [4.78, 5) is 0. The van der Waals surface area contributed by atoms with E-state index in [9.17, 15) is 0 Å². The van der Waals surface area contributed by atoms with Crippen molar-refractivity contribution in [1.29, 1.82) is 0 Å². The molecule has 0 aliphatic rings. The van der Waals surface area contributed by atoms with Crippen LogP contribution in [-0.4, -0.2) is 0 Å². The molecule has 11 heavy (non-hydrogen) atoms. The van der Waals surface area contributed by atoms with Gasteiger partial charge in [-0.05, 0) is 32.2 Å². The average molecular weight is 147 g/mol. The van der Waals surface area contributed by atoms with E-state index in [1.807, 2.05) is 19.2 Å². The third-order valence-electron chi connectivity index (χ3n) is 1.47. The van der Waals surface area contributed by atoms with E-state index in [-0.39, 0.29) is 0 Å². The monoisotopic (exact) mass is 147 g/mol. The van der Waals surface area contributed by atoms with Crippen LogP contribution in [0.1, 0.15) is 12.5 Å². The Hall–Kier alpha value is -1.24. The molecule has 1 N–H and O–H groups in total. The van der Waals surface area contributed by atoms with Crippen LogP contribution in [0.25, 0.3) is 0 Å². The maximum Gasteiger partial charge on any atom is 0.0379 e. The van der Waals surface area contributed by atoms with Crippen LogP contribution in [0.5, 0.6) is 0 Å². The lowest BCUT2D eigenvalue weighted by Crippen LogP contribution is -1.85. The van der Waals surface area contributed by atoms with Crippen LogP contribution in [0.2, 0.25) is 0 Å². The zero-order valence-corrected chi connectivity index (χ0v) is 6.96. The molecule has 0 unspecified atom stereocenters. The Morgan fingerprint density at radius 2 is 1.82 bits per heavy atom. The molecule has 58 valence electrons. The van der Waals surface area contributed by atoms with Gasteiger partial charge in [-0.3, -0.25) is 0 Å². The fraction of sp³-hybridized carbons (Fsp3) is 0.200. The maximum atomic E-state index is 3.14. The fourth-order valence-electron chi connectivity index (χ4n) is 0.829. The van der Waals surface area contributed by atoms with Gasteiger partial charge in [0.05, 0.1) is 0 Å². The predicted molar refractivity (Wildman–Crippen MR) is 49.6 cm³/mol. The number of hydrogen-bond donors (Lipinski definition) is 1. The van der Waals surface area contributed by atoms with E-state index in [2.05, 4.69) is 36.5 Å². The van der Waals surface area contributed by atoms with Gasteiger partial charge in [0.1, 0.15) is 0 Å². The summed E-state index contributed by atoms with van der Waals surface area (Å²) in [6.07, 6.45) is 3.89. The average Bonchev–Trinajstić information content (AvgIpc) is 2.04. The Bertz CT molecular complexity index is 234. The maximum absolute atomic E-state index is 3.14. The predicted octanol–water partition coefficient (Wildman–Crippen LogP) is 2.94. The van der Waals surface area contributed by atoms with E-state index in [4.69, 9.17) is 0 Å². The van der Waals surface area contributed by atoms with Crippen molar-refractivity contribution < 1.29 is 0 Å². The molecule has 0 aromatic heterocycles. The highest BCUT2D eigenvalue weighted by atomic mass is 14.8. The van der Waals surface area contributed by atoms with Gasteiger partial charge in [0, 0.05) is 5.69 Å². The first kappa shape index (κ1) is 7.86. The van der Waals surface area contributed by atoms with Gasteiger partial charge in [0.2, 0.25) is 0 Å². The molecular formula is C10H13N. The van der Waals surface area contributed by atoms with Crippen molar-refractivity contribution in [2.45, 2.75) is 13.8 Å². The Morgan fingerprint density at radius 1 is 1.18 bits per heavy atom. The molecular weight excluding hydrogens is 134 g/mol. The lowest BCUT2D eigenvalue weighted by molar-refractivity contribution is 1.45. The van der Waals surface area contributed by atoms with Crippen molar-refractivity contribution in [2.24, 2.45) is 0 Å². The largest absolute Gasteiger partial charge is 0.362 e. The molecule has 0 heterocycles. The summed E-state index contributed by atoms with van der Waals surface area (Å²) in [5, 5.41) is 3.14. The second kappa shape index (κ2) is 3.81. The summed E-state index contributed by atoms with van der Waals surface area (Å²) >= 11 is 0. The van der Waals surface area contributed by atoms with Gasteiger partial charge < -0.3 is 5.32 Å². The second-order valence-electron chi connectivity index (χ2n) is 2.51. The SMILES string of the molecule is CC=CNc1ccc(C)cc1. The quantitative estimate of drug-likeness (QED) is 0.678. The third-order valence-corrected chi connectivity index (χ3v) is 1.47. The summed E-state index contributed by atoms with van der Waals surface area (Å²) in [5.41, 5.74) is 2.42. The van der Waals surface area contributed by atoms with Crippen molar-refractivity contribution in [3.63, 3.8) is 0 Å². The Labute approximate surface area is 67.8 Å². The van der Waals surface area contributed by atoms with Gasteiger partial charge in [-0.15, -0.1) is 0 Å². The summed E-state index contributed by atoms with van der Waals surface area (Å²) in [6, 6.07) is 8.31. The molecule has 0 amide bonds. The van der Waals surface area contributed by atoms with E-state index in [0.717, 1.165) is 5.69 Å². The molecule has 0 fully saturated rings. The Balaban J connectivity index is 2.66. The molecule has 0 saturated carbocycles. The van der Waals surface area contributed by atoms with Gasteiger partial charge in [-0.1, -0.05) is 23.8 Å². The zero-order chi connectivity index (χ0) is 8.10. The van der Waals surface area contributed by atoms with Crippen LogP contribution in [-0.2, 0) is 0 Å². The first-order valence-electron chi connectivity index (χ1n) is 3.77. The minimum atomic E-state index is 1.13. The van der Waals surface area contributed by atoms with E-state index >= 15 is 0 Å². The minimum absolute atomic E-state index is 1.13. The molecule has 0 radical (unpaired) electrons. The number of anilines is 1. The molecule has 1 aromatic rings. The van der Waals surface area contributed by atoms with Crippen LogP contribution in [0.3, 0.4) is 0 Å². The number of hydrogen-bond acceptors (Lipinski definition) is 1. The summed E-state index contributed by atoms with van der Waals surface area (Å²) in [6.45, 7) is 4.07.